The van der Waals surface area contributed by atoms with Gasteiger partial charge in [0.15, 0.2) is 0 Å². The Morgan fingerprint density at radius 2 is 2.43 bits per heavy atom. The molecule has 0 heterocycles. The molecule has 0 spiro atoms. The second-order valence-corrected chi connectivity index (χ2v) is 2.20. The van der Waals surface area contributed by atoms with Crippen LogP contribution in [0.15, 0.2) is 18.2 Å². The summed E-state index contributed by atoms with van der Waals surface area (Å²) >= 11 is 0. The Labute approximate surface area is 43.5 Å². The fourth-order valence-electron chi connectivity index (χ4n) is 1.12. The van der Waals surface area contributed by atoms with Crippen molar-refractivity contribution in [2.45, 2.75) is 6.42 Å². The van der Waals surface area contributed by atoms with Gasteiger partial charge in [-0.05, 0) is 11.8 Å². The summed E-state index contributed by atoms with van der Waals surface area (Å²) in [6, 6.07) is 0. The van der Waals surface area contributed by atoms with Crippen molar-refractivity contribution in [3.8, 4) is 0 Å². The van der Waals surface area contributed by atoms with E-state index < -0.39 is 0 Å². The minimum absolute atomic E-state index is 0.778. The molecule has 0 amide bonds. The van der Waals surface area contributed by atoms with Crippen molar-refractivity contribution < 1.29 is 0 Å². The largest absolute Gasteiger partial charge is 0.499 e. The molecule has 0 unspecified atom stereocenters. The molecule has 2 rings (SSSR count). The van der Waals surface area contributed by atoms with Gasteiger partial charge >= 0.3 is 0 Å². The van der Waals surface area contributed by atoms with Crippen LogP contribution < -0.4 is 0 Å². The molecule has 2 aliphatic carbocycles. The van der Waals surface area contributed by atoms with Crippen LogP contribution in [0.1, 0.15) is 6.42 Å². The van der Waals surface area contributed by atoms with E-state index in [4.69, 9.17) is 0 Å². The van der Waals surface area contributed by atoms with Crippen LogP contribution in [0.5, 0.6) is 0 Å². The Hall–Kier alpha value is -0.520. The summed E-state index contributed by atoms with van der Waals surface area (Å²) in [7, 11) is 0. The molecule has 0 saturated carbocycles. The Bertz CT molecular complexity index is 131. The standard InChI is InChI=1S/C7H7/c1-2-6-4-5-7(6)3-1/h2,4-7H,3H2/q-1/t6-,7+/m1/s1. The molecule has 2 aliphatic rings. The smallest absolute Gasteiger partial charge is 0.0331 e. The zero-order valence-corrected chi connectivity index (χ0v) is 4.09. The first kappa shape index (κ1) is 3.48. The molecule has 0 radical (unpaired) electrons. The van der Waals surface area contributed by atoms with Crippen LogP contribution >= 0.6 is 0 Å². The Morgan fingerprint density at radius 1 is 1.43 bits per heavy atom. The molecule has 0 bridgehead atoms. The van der Waals surface area contributed by atoms with Crippen molar-refractivity contribution >= 4 is 0 Å². The third-order valence-electron chi connectivity index (χ3n) is 1.74. The molecule has 0 aromatic rings. The summed E-state index contributed by atoms with van der Waals surface area (Å²) in [4.78, 5) is 0. The van der Waals surface area contributed by atoms with E-state index in [0.717, 1.165) is 11.8 Å². The van der Waals surface area contributed by atoms with Crippen LogP contribution in [0.25, 0.3) is 0 Å². The minimum atomic E-state index is 0.778. The third-order valence-corrected chi connectivity index (χ3v) is 1.74. The zero-order valence-electron chi connectivity index (χ0n) is 4.09. The topological polar surface area (TPSA) is 0 Å². The van der Waals surface area contributed by atoms with Gasteiger partial charge < -0.3 is 6.08 Å². The molecule has 0 N–H and O–H groups in total. The number of hydrogen-bond donors (Lipinski definition) is 0. The van der Waals surface area contributed by atoms with E-state index in [1.807, 2.05) is 0 Å². The summed E-state index contributed by atoms with van der Waals surface area (Å²) in [5.41, 5.74) is 0. The van der Waals surface area contributed by atoms with E-state index >= 15 is 0 Å². The van der Waals surface area contributed by atoms with Gasteiger partial charge in [-0.25, -0.2) is 0 Å². The van der Waals surface area contributed by atoms with E-state index in [-0.39, 0.29) is 0 Å². The normalized spacial score (nSPS) is 43.4. The predicted molar refractivity (Wildman–Crippen MR) is 28.5 cm³/mol. The zero-order chi connectivity index (χ0) is 4.69. The van der Waals surface area contributed by atoms with Crippen molar-refractivity contribution in [1.29, 1.82) is 0 Å². The first-order valence-electron chi connectivity index (χ1n) is 2.72. The molecule has 0 aliphatic heterocycles. The van der Waals surface area contributed by atoms with Crippen LogP contribution in [-0.4, -0.2) is 0 Å². The van der Waals surface area contributed by atoms with Crippen LogP contribution in [0.2, 0.25) is 0 Å². The number of hydrogen-bond acceptors (Lipinski definition) is 0. The highest BCUT2D eigenvalue weighted by Crippen LogP contribution is 2.34. The molecular formula is C7H7-. The van der Waals surface area contributed by atoms with Crippen molar-refractivity contribution in [1.82, 2.24) is 0 Å². The lowest BCUT2D eigenvalue weighted by Gasteiger charge is -2.23. The molecule has 0 heteroatoms. The first-order chi connectivity index (χ1) is 3.47. The Morgan fingerprint density at radius 3 is 2.71 bits per heavy atom. The number of rotatable bonds is 0. The molecule has 0 fully saturated rings. The minimum Gasteiger partial charge on any atom is -0.499 e. The monoisotopic (exact) mass is 91.1 g/mol. The van der Waals surface area contributed by atoms with Crippen molar-refractivity contribution in [3.63, 3.8) is 0 Å². The van der Waals surface area contributed by atoms with Gasteiger partial charge in [0.05, 0.1) is 0 Å². The molecule has 0 saturated heterocycles. The fourth-order valence-corrected chi connectivity index (χ4v) is 1.12. The van der Waals surface area contributed by atoms with Crippen LogP contribution in [-0.2, 0) is 0 Å². The molecular weight excluding hydrogens is 84.1 g/mol. The Kier molecular flexibility index (Phi) is 0.498. The summed E-state index contributed by atoms with van der Waals surface area (Å²) in [6.45, 7) is 0. The first-order valence-corrected chi connectivity index (χ1v) is 2.72. The van der Waals surface area contributed by atoms with Gasteiger partial charge in [0.2, 0.25) is 0 Å². The fraction of sp³-hybridized carbons (Fsp3) is 0.429. The molecule has 2 atom stereocenters. The second kappa shape index (κ2) is 1.00. The summed E-state index contributed by atoms with van der Waals surface area (Å²) in [6.07, 6.45) is 11.0. The van der Waals surface area contributed by atoms with Crippen LogP contribution in [0.4, 0.5) is 0 Å². The lowest BCUT2D eigenvalue weighted by Crippen LogP contribution is -2.10. The van der Waals surface area contributed by atoms with Gasteiger partial charge in [-0.3, -0.25) is 6.08 Å². The van der Waals surface area contributed by atoms with Crippen LogP contribution in [0.3, 0.4) is 0 Å². The highest BCUT2D eigenvalue weighted by atomic mass is 14.3. The van der Waals surface area contributed by atoms with Crippen molar-refractivity contribution in [3.05, 3.63) is 24.3 Å². The maximum atomic E-state index is 3.20. The van der Waals surface area contributed by atoms with Gasteiger partial charge in [0, 0.05) is 0 Å². The molecule has 0 aromatic heterocycles. The maximum Gasteiger partial charge on any atom is -0.0331 e. The van der Waals surface area contributed by atoms with E-state index in [0.29, 0.717) is 0 Å². The van der Waals surface area contributed by atoms with Gasteiger partial charge in [0.1, 0.15) is 0 Å². The van der Waals surface area contributed by atoms with Gasteiger partial charge in [-0.1, -0.05) is 12.2 Å². The van der Waals surface area contributed by atoms with Crippen molar-refractivity contribution in [2.24, 2.45) is 11.8 Å². The molecule has 36 valence electrons. The van der Waals surface area contributed by atoms with E-state index in [2.05, 4.69) is 24.3 Å². The predicted octanol–water partition coefficient (Wildman–Crippen LogP) is 1.55. The quantitative estimate of drug-likeness (QED) is 0.313. The highest BCUT2D eigenvalue weighted by molar-refractivity contribution is 5.20. The SMILES string of the molecule is [C-]1=C[C@@H]2C=C[C@@H]2C1. The molecule has 7 heavy (non-hydrogen) atoms. The van der Waals surface area contributed by atoms with Gasteiger partial charge in [0.25, 0.3) is 0 Å². The summed E-state index contributed by atoms with van der Waals surface area (Å²) in [5, 5.41) is 0. The number of fused-ring (bicyclic) bond motifs is 1. The van der Waals surface area contributed by atoms with Gasteiger partial charge in [-0.2, -0.15) is 6.42 Å². The van der Waals surface area contributed by atoms with Gasteiger partial charge in [-0.15, -0.1) is 0 Å². The third kappa shape index (κ3) is 0.317. The average molecular weight is 91.1 g/mol. The van der Waals surface area contributed by atoms with E-state index in [1.165, 1.54) is 6.42 Å². The Balaban J connectivity index is 2.29. The molecule has 0 aromatic carbocycles. The summed E-state index contributed by atoms with van der Waals surface area (Å²) < 4.78 is 0. The average Bonchev–Trinajstić information content (AvgIpc) is 1.85. The lowest BCUT2D eigenvalue weighted by molar-refractivity contribution is 0.542. The molecule has 0 nitrogen and oxygen atoms in total. The van der Waals surface area contributed by atoms with Crippen LogP contribution in [0, 0.1) is 17.9 Å². The van der Waals surface area contributed by atoms with Crippen molar-refractivity contribution in [2.75, 3.05) is 0 Å². The summed E-state index contributed by atoms with van der Waals surface area (Å²) in [5.74, 6) is 1.62. The van der Waals surface area contributed by atoms with E-state index in [9.17, 15) is 0 Å². The lowest BCUT2D eigenvalue weighted by atomic mass is 9.85. The van der Waals surface area contributed by atoms with E-state index in [1.54, 1.807) is 0 Å². The second-order valence-electron chi connectivity index (χ2n) is 2.20. The number of allylic oxidation sites excluding steroid dienone is 4. The maximum absolute atomic E-state index is 3.20. The highest BCUT2D eigenvalue weighted by Gasteiger charge is 2.16.